The first-order valence-corrected chi connectivity index (χ1v) is 10.1. The summed E-state index contributed by atoms with van der Waals surface area (Å²) in [6, 6.07) is 15.0. The number of aromatic nitrogens is 2. The van der Waals surface area contributed by atoms with E-state index < -0.39 is 0 Å². The molecule has 1 aliphatic carbocycles. The van der Waals surface area contributed by atoms with E-state index in [1.807, 2.05) is 12.4 Å². The van der Waals surface area contributed by atoms with Gasteiger partial charge in [0.1, 0.15) is 16.9 Å². The van der Waals surface area contributed by atoms with Gasteiger partial charge in [-0.25, -0.2) is 4.57 Å². The molecule has 0 fully saturated rings. The van der Waals surface area contributed by atoms with E-state index in [1.165, 1.54) is 44.6 Å². The Kier molecular flexibility index (Phi) is 3.02. The van der Waals surface area contributed by atoms with Crippen molar-refractivity contribution >= 4 is 10.9 Å². The van der Waals surface area contributed by atoms with E-state index in [9.17, 15) is 0 Å². The molecule has 0 bridgehead atoms. The Hall–Kier alpha value is -3.20. The van der Waals surface area contributed by atoms with Crippen LogP contribution in [0.4, 0.5) is 0 Å². The van der Waals surface area contributed by atoms with Crippen LogP contribution in [0, 0.1) is 13.8 Å². The quantitative estimate of drug-likeness (QED) is 0.320. The van der Waals surface area contributed by atoms with E-state index in [2.05, 4.69) is 80.7 Å². The zero-order chi connectivity index (χ0) is 20.1. The van der Waals surface area contributed by atoms with Crippen LogP contribution in [0.2, 0.25) is 0 Å². The maximum atomic E-state index is 6.58. The van der Waals surface area contributed by atoms with Crippen LogP contribution in [0.25, 0.3) is 33.3 Å². The largest absolute Gasteiger partial charge is 0.455 e. The highest BCUT2D eigenvalue weighted by Gasteiger charge is 2.42. The van der Waals surface area contributed by atoms with E-state index in [0.29, 0.717) is 0 Å². The Bertz CT molecular complexity index is 1380. The minimum atomic E-state index is -0.0497. The topological polar surface area (TPSA) is 26.0 Å². The third kappa shape index (κ3) is 1.88. The minimum Gasteiger partial charge on any atom is -0.455 e. The van der Waals surface area contributed by atoms with Crippen LogP contribution in [-0.2, 0) is 12.5 Å². The summed E-state index contributed by atoms with van der Waals surface area (Å²) in [7, 11) is 2.08. The number of ether oxygens (including phenoxy) is 1. The van der Waals surface area contributed by atoms with Crippen LogP contribution >= 0.6 is 0 Å². The first kappa shape index (κ1) is 16.7. The van der Waals surface area contributed by atoms with E-state index in [0.717, 1.165) is 22.4 Å². The molecule has 1 aromatic heterocycles. The maximum Gasteiger partial charge on any atom is 0.287 e. The van der Waals surface area contributed by atoms with Gasteiger partial charge < -0.3 is 4.74 Å². The zero-order valence-corrected chi connectivity index (χ0v) is 17.4. The molecule has 3 nitrogen and oxygen atoms in total. The Labute approximate surface area is 170 Å². The summed E-state index contributed by atoms with van der Waals surface area (Å²) in [6.45, 7) is 9.13. The summed E-state index contributed by atoms with van der Waals surface area (Å²) in [5.41, 5.74) is 11.3. The van der Waals surface area contributed by atoms with Crippen molar-refractivity contribution in [3.8, 4) is 33.9 Å². The van der Waals surface area contributed by atoms with Crippen molar-refractivity contribution in [3.63, 3.8) is 0 Å². The lowest BCUT2D eigenvalue weighted by Gasteiger charge is -2.29. The molecule has 0 radical (unpaired) electrons. The van der Waals surface area contributed by atoms with Gasteiger partial charge in [0, 0.05) is 5.41 Å². The summed E-state index contributed by atoms with van der Waals surface area (Å²) >= 11 is 0. The number of aryl methyl sites for hydroxylation is 1. The maximum absolute atomic E-state index is 6.58. The van der Waals surface area contributed by atoms with Gasteiger partial charge in [-0.2, -0.15) is 0 Å². The summed E-state index contributed by atoms with van der Waals surface area (Å²) < 4.78 is 8.72. The molecule has 29 heavy (non-hydrogen) atoms. The second-order valence-electron chi connectivity index (χ2n) is 8.83. The molecule has 3 heteroatoms. The highest BCUT2D eigenvalue weighted by atomic mass is 16.5. The molecule has 0 unspecified atom stereocenters. The molecule has 6 rings (SSSR count). The standard InChI is InChI=1S/C26H23N2O/c1-14-20-16-9-6-7-10-17(16)26(3,4)23(20)15(2)25-21(14)24-22-18(27-13-28(24)5)11-8-12-19(22)29-25/h6-13H,1-5H3/q+1. The number of benzene rings is 3. The molecule has 2 heterocycles. The van der Waals surface area contributed by atoms with Gasteiger partial charge in [-0.05, 0) is 64.3 Å². The summed E-state index contributed by atoms with van der Waals surface area (Å²) in [5.74, 6) is 1.88. The number of hydrogen-bond acceptors (Lipinski definition) is 2. The molecule has 0 spiro atoms. The van der Waals surface area contributed by atoms with Gasteiger partial charge in [-0.3, -0.25) is 0 Å². The Balaban J connectivity index is 1.83. The van der Waals surface area contributed by atoms with E-state index in [1.54, 1.807) is 0 Å². The van der Waals surface area contributed by atoms with Crippen molar-refractivity contribution < 1.29 is 9.30 Å². The van der Waals surface area contributed by atoms with Gasteiger partial charge in [0.25, 0.3) is 6.33 Å². The van der Waals surface area contributed by atoms with Crippen LogP contribution in [-0.4, -0.2) is 4.98 Å². The lowest BCUT2D eigenvalue weighted by atomic mass is 9.78. The molecule has 0 saturated carbocycles. The van der Waals surface area contributed by atoms with Gasteiger partial charge in [-0.1, -0.05) is 44.2 Å². The number of nitrogens with zero attached hydrogens (tertiary/aromatic N) is 2. The molecule has 0 saturated heterocycles. The Morgan fingerprint density at radius 1 is 0.931 bits per heavy atom. The lowest BCUT2D eigenvalue weighted by Crippen LogP contribution is -2.33. The van der Waals surface area contributed by atoms with Crippen molar-refractivity contribution in [2.45, 2.75) is 33.1 Å². The lowest BCUT2D eigenvalue weighted by molar-refractivity contribution is -0.662. The Morgan fingerprint density at radius 2 is 1.72 bits per heavy atom. The van der Waals surface area contributed by atoms with Crippen molar-refractivity contribution in [1.82, 2.24) is 4.98 Å². The van der Waals surface area contributed by atoms with Gasteiger partial charge in [0.15, 0.2) is 11.2 Å². The highest BCUT2D eigenvalue weighted by molar-refractivity contribution is 6.03. The first-order chi connectivity index (χ1) is 13.9. The van der Waals surface area contributed by atoms with Crippen molar-refractivity contribution in [1.29, 1.82) is 0 Å². The number of rotatable bonds is 0. The normalized spacial score (nSPS) is 14.9. The molecule has 0 amide bonds. The zero-order valence-electron chi connectivity index (χ0n) is 17.4. The molecule has 0 atom stereocenters. The van der Waals surface area contributed by atoms with Crippen LogP contribution in [0.3, 0.4) is 0 Å². The highest BCUT2D eigenvalue weighted by Crippen LogP contribution is 2.58. The molecule has 4 aromatic rings. The van der Waals surface area contributed by atoms with Crippen LogP contribution in [0.5, 0.6) is 11.5 Å². The third-order valence-electron chi connectivity index (χ3n) is 6.85. The fourth-order valence-corrected chi connectivity index (χ4v) is 5.63. The van der Waals surface area contributed by atoms with Gasteiger partial charge in [0.05, 0.1) is 12.6 Å². The average Bonchev–Trinajstić information content (AvgIpc) is 2.96. The predicted molar refractivity (Wildman–Crippen MR) is 115 cm³/mol. The fraction of sp³-hybridized carbons (Fsp3) is 0.231. The molecular formula is C26H23N2O+. The second kappa shape index (κ2) is 5.24. The van der Waals surface area contributed by atoms with Gasteiger partial charge in [0.2, 0.25) is 0 Å². The molecular weight excluding hydrogens is 356 g/mol. The molecule has 3 aromatic carbocycles. The van der Waals surface area contributed by atoms with E-state index in [4.69, 9.17) is 4.74 Å². The summed E-state index contributed by atoms with van der Waals surface area (Å²) in [4.78, 5) is 4.62. The Morgan fingerprint density at radius 3 is 2.55 bits per heavy atom. The average molecular weight is 379 g/mol. The summed E-state index contributed by atoms with van der Waals surface area (Å²) in [5, 5.41) is 1.10. The number of fused-ring (bicyclic) bond motifs is 5. The molecule has 2 aliphatic rings. The van der Waals surface area contributed by atoms with Crippen molar-refractivity contribution in [3.05, 3.63) is 71.0 Å². The van der Waals surface area contributed by atoms with Crippen LogP contribution in [0.1, 0.15) is 36.1 Å². The third-order valence-corrected chi connectivity index (χ3v) is 6.85. The number of hydrogen-bond donors (Lipinski definition) is 0. The molecule has 0 N–H and O–H groups in total. The van der Waals surface area contributed by atoms with E-state index in [-0.39, 0.29) is 5.41 Å². The predicted octanol–water partition coefficient (Wildman–Crippen LogP) is 5.76. The first-order valence-electron chi connectivity index (χ1n) is 10.1. The van der Waals surface area contributed by atoms with Gasteiger partial charge in [-0.15, -0.1) is 0 Å². The second-order valence-corrected chi connectivity index (χ2v) is 8.83. The van der Waals surface area contributed by atoms with E-state index >= 15 is 0 Å². The van der Waals surface area contributed by atoms with Crippen LogP contribution in [0.15, 0.2) is 48.8 Å². The molecule has 1 aliphatic heterocycles. The summed E-state index contributed by atoms with van der Waals surface area (Å²) in [6.07, 6.45) is 1.91. The SMILES string of the molecule is Cc1c2c(c(C)c3c1-c1ccccc1C3(C)C)Oc1cccc3nc[n+](C)c-2c13. The molecule has 142 valence electrons. The van der Waals surface area contributed by atoms with Crippen molar-refractivity contribution in [2.24, 2.45) is 7.05 Å². The minimum absolute atomic E-state index is 0.0497. The van der Waals surface area contributed by atoms with Crippen LogP contribution < -0.4 is 9.30 Å². The fourth-order valence-electron chi connectivity index (χ4n) is 5.63. The van der Waals surface area contributed by atoms with Crippen molar-refractivity contribution in [2.75, 3.05) is 0 Å². The van der Waals surface area contributed by atoms with Gasteiger partial charge >= 0.3 is 0 Å². The smallest absolute Gasteiger partial charge is 0.287 e. The monoisotopic (exact) mass is 379 g/mol.